The first-order valence-electron chi connectivity index (χ1n) is 11.8. The van der Waals surface area contributed by atoms with Crippen LogP contribution in [0, 0.1) is 35.2 Å². The molecule has 4 aliphatic rings. The van der Waals surface area contributed by atoms with E-state index in [-0.39, 0.29) is 17.9 Å². The molecule has 0 spiro atoms. The molecule has 3 atom stereocenters. The van der Waals surface area contributed by atoms with Crippen LogP contribution in [0.4, 0.5) is 13.2 Å². The summed E-state index contributed by atoms with van der Waals surface area (Å²) in [6.45, 7) is 3.10. The van der Waals surface area contributed by atoms with Crippen LogP contribution in [-0.4, -0.2) is 54.0 Å². The number of hydrogen-bond donors (Lipinski definition) is 0. The van der Waals surface area contributed by atoms with Crippen molar-refractivity contribution in [2.75, 3.05) is 26.2 Å². The Bertz CT molecular complexity index is 796. The summed E-state index contributed by atoms with van der Waals surface area (Å²) in [5, 5.41) is 0. The van der Waals surface area contributed by atoms with Gasteiger partial charge in [0.25, 0.3) is 0 Å². The monoisotopic (exact) mass is 436 g/mol. The average molecular weight is 437 g/mol. The van der Waals surface area contributed by atoms with Crippen LogP contribution in [0.15, 0.2) is 12.1 Å². The van der Waals surface area contributed by atoms with Gasteiger partial charge in [0.05, 0.1) is 0 Å². The van der Waals surface area contributed by atoms with Crippen LogP contribution in [0.3, 0.4) is 0 Å². The molecule has 2 bridgehead atoms. The molecule has 5 rings (SSSR count). The summed E-state index contributed by atoms with van der Waals surface area (Å²) >= 11 is 0. The molecule has 2 aliphatic carbocycles. The second kappa shape index (κ2) is 8.64. The lowest BCUT2D eigenvalue weighted by Gasteiger charge is -2.41. The van der Waals surface area contributed by atoms with E-state index in [0.717, 1.165) is 43.8 Å². The topological polar surface area (TPSA) is 32.8 Å². The van der Waals surface area contributed by atoms with E-state index in [1.165, 1.54) is 25.7 Å². The fraction of sp³-hybridized carbons (Fsp3) is 0.708. The highest BCUT2D eigenvalue weighted by Crippen LogP contribution is 2.47. The van der Waals surface area contributed by atoms with Gasteiger partial charge >= 0.3 is 0 Å². The third-order valence-corrected chi connectivity index (χ3v) is 8.05. The fourth-order valence-corrected chi connectivity index (χ4v) is 6.40. The van der Waals surface area contributed by atoms with E-state index in [1.807, 2.05) is 4.90 Å². The smallest absolute Gasteiger partial charge is 0.225 e. The van der Waals surface area contributed by atoms with Crippen molar-refractivity contribution in [3.05, 3.63) is 29.6 Å². The van der Waals surface area contributed by atoms with Gasteiger partial charge in [-0.05, 0) is 57.0 Å². The molecule has 2 saturated heterocycles. The highest BCUT2D eigenvalue weighted by atomic mass is 19.1. The molecular formula is C24H31F3N2O2. The quantitative estimate of drug-likeness (QED) is 0.703. The van der Waals surface area contributed by atoms with Crippen LogP contribution in [0.1, 0.15) is 51.4 Å². The summed E-state index contributed by atoms with van der Waals surface area (Å²) in [4.78, 5) is 17.5. The molecule has 1 aromatic carbocycles. The lowest BCUT2D eigenvalue weighted by atomic mass is 9.89. The van der Waals surface area contributed by atoms with Gasteiger partial charge in [-0.1, -0.05) is 6.42 Å². The van der Waals surface area contributed by atoms with E-state index in [2.05, 4.69) is 4.90 Å². The number of nitrogens with zero attached hydrogens (tertiary/aromatic N) is 2. The molecule has 2 saturated carbocycles. The van der Waals surface area contributed by atoms with E-state index in [4.69, 9.17) is 4.74 Å². The lowest BCUT2D eigenvalue weighted by molar-refractivity contribution is -0.139. The number of carbonyl (C=O) groups excluding carboxylic acids is 1. The molecule has 2 heterocycles. The number of ether oxygens (including phenoxy) is 1. The van der Waals surface area contributed by atoms with Crippen molar-refractivity contribution in [3.63, 3.8) is 0 Å². The average Bonchev–Trinajstić information content (AvgIpc) is 3.40. The van der Waals surface area contributed by atoms with Crippen molar-refractivity contribution in [1.29, 1.82) is 0 Å². The van der Waals surface area contributed by atoms with Gasteiger partial charge in [0.1, 0.15) is 11.9 Å². The maximum atomic E-state index is 13.8. The molecule has 0 aromatic heterocycles. The molecule has 170 valence electrons. The van der Waals surface area contributed by atoms with Crippen LogP contribution < -0.4 is 4.74 Å². The first-order valence-corrected chi connectivity index (χ1v) is 11.8. The van der Waals surface area contributed by atoms with Crippen LogP contribution in [0.2, 0.25) is 0 Å². The van der Waals surface area contributed by atoms with Gasteiger partial charge in [-0.15, -0.1) is 0 Å². The molecule has 7 heteroatoms. The molecular weight excluding hydrogens is 405 g/mol. The Morgan fingerprint density at radius 2 is 1.55 bits per heavy atom. The largest absolute Gasteiger partial charge is 0.484 e. The van der Waals surface area contributed by atoms with E-state index < -0.39 is 23.2 Å². The maximum absolute atomic E-state index is 13.8. The lowest BCUT2D eigenvalue weighted by Crippen LogP contribution is -2.49. The van der Waals surface area contributed by atoms with E-state index in [9.17, 15) is 18.0 Å². The predicted molar refractivity (Wildman–Crippen MR) is 110 cm³/mol. The minimum absolute atomic E-state index is 0.0827. The summed E-state index contributed by atoms with van der Waals surface area (Å²) in [7, 11) is 0. The first-order chi connectivity index (χ1) is 15.0. The minimum Gasteiger partial charge on any atom is -0.484 e. The number of hydrogen-bond acceptors (Lipinski definition) is 3. The van der Waals surface area contributed by atoms with Crippen molar-refractivity contribution >= 4 is 5.91 Å². The van der Waals surface area contributed by atoms with Crippen molar-refractivity contribution < 1.29 is 22.7 Å². The Morgan fingerprint density at radius 1 is 0.871 bits per heavy atom. The highest BCUT2D eigenvalue weighted by Gasteiger charge is 2.43. The first kappa shape index (κ1) is 21.1. The van der Waals surface area contributed by atoms with Gasteiger partial charge in [-0.3, -0.25) is 4.79 Å². The van der Waals surface area contributed by atoms with Crippen LogP contribution in [-0.2, 0) is 4.79 Å². The van der Waals surface area contributed by atoms with E-state index >= 15 is 0 Å². The Labute approximate surface area is 181 Å². The van der Waals surface area contributed by atoms with Gasteiger partial charge in [0, 0.05) is 50.0 Å². The molecule has 2 aliphatic heterocycles. The molecule has 0 radical (unpaired) electrons. The number of piperidine rings is 2. The van der Waals surface area contributed by atoms with Gasteiger partial charge in [0.2, 0.25) is 5.91 Å². The number of carbonyl (C=O) groups is 1. The van der Waals surface area contributed by atoms with Crippen molar-refractivity contribution in [3.8, 4) is 5.75 Å². The third-order valence-electron chi connectivity index (χ3n) is 8.05. The number of fused-ring (bicyclic) bond motifs is 2. The zero-order valence-corrected chi connectivity index (χ0v) is 17.9. The number of rotatable bonds is 4. The summed E-state index contributed by atoms with van der Waals surface area (Å²) < 4.78 is 46.2. The predicted octanol–water partition coefficient (Wildman–Crippen LogP) is 4.37. The number of halogens is 3. The highest BCUT2D eigenvalue weighted by molar-refractivity contribution is 5.79. The van der Waals surface area contributed by atoms with E-state index in [1.54, 1.807) is 0 Å². The summed E-state index contributed by atoms with van der Waals surface area (Å²) in [5.74, 6) is -1.43. The Balaban J connectivity index is 1.09. The summed E-state index contributed by atoms with van der Waals surface area (Å²) in [6.07, 6.45) is 8.08. The summed E-state index contributed by atoms with van der Waals surface area (Å²) in [5.41, 5.74) is 0. The van der Waals surface area contributed by atoms with Crippen LogP contribution in [0.25, 0.3) is 0 Å². The molecule has 1 amide bonds. The van der Waals surface area contributed by atoms with Crippen LogP contribution in [0.5, 0.6) is 5.75 Å². The van der Waals surface area contributed by atoms with Gasteiger partial charge in [-0.25, -0.2) is 13.2 Å². The maximum Gasteiger partial charge on any atom is 0.225 e. The van der Waals surface area contributed by atoms with Crippen molar-refractivity contribution in [2.24, 2.45) is 17.8 Å². The number of amides is 1. The summed E-state index contributed by atoms with van der Waals surface area (Å²) in [6, 6.07) is 2.00. The standard InChI is InChI=1S/C24H31F3N2O2/c25-18-13-20(26)23(21(27)14-18)31-19-5-9-29(10-6-19)24(30)16-3-7-28(8-4-16)22-12-15-1-2-17(22)11-15/h13-17,19,22H,1-12H2/t15-,17?,22?/m1/s1. The zero-order valence-electron chi connectivity index (χ0n) is 17.9. The molecule has 4 fully saturated rings. The second-order valence-corrected chi connectivity index (χ2v) is 9.89. The minimum atomic E-state index is -1.03. The Hall–Kier alpha value is -1.76. The van der Waals surface area contributed by atoms with Crippen molar-refractivity contribution in [1.82, 2.24) is 9.80 Å². The molecule has 1 aromatic rings. The van der Waals surface area contributed by atoms with Crippen LogP contribution >= 0.6 is 0 Å². The van der Waals surface area contributed by atoms with Gasteiger partial charge in [0.15, 0.2) is 17.4 Å². The Morgan fingerprint density at radius 3 is 2.13 bits per heavy atom. The van der Waals surface area contributed by atoms with Gasteiger partial charge < -0.3 is 14.5 Å². The molecule has 31 heavy (non-hydrogen) atoms. The Kier molecular flexibility index (Phi) is 5.88. The normalized spacial score (nSPS) is 30.2. The number of likely N-dealkylation sites (tertiary alicyclic amines) is 2. The third kappa shape index (κ3) is 4.30. The SMILES string of the molecule is O=C(C1CCN(C2C[C@@H]3CCC2C3)CC1)N1CCC(Oc2c(F)cc(F)cc2F)CC1. The molecule has 4 nitrogen and oxygen atoms in total. The molecule has 2 unspecified atom stereocenters. The van der Waals surface area contributed by atoms with Crippen molar-refractivity contribution in [2.45, 2.75) is 63.5 Å². The zero-order chi connectivity index (χ0) is 21.5. The van der Waals surface area contributed by atoms with E-state index in [0.29, 0.717) is 38.1 Å². The number of benzene rings is 1. The van der Waals surface area contributed by atoms with Gasteiger partial charge in [-0.2, -0.15) is 0 Å². The molecule has 0 N–H and O–H groups in total. The fourth-order valence-electron chi connectivity index (χ4n) is 6.40. The second-order valence-electron chi connectivity index (χ2n) is 9.89.